The summed E-state index contributed by atoms with van der Waals surface area (Å²) in [4.78, 5) is 1.64. The Hall–Kier alpha value is -0.740. The average Bonchev–Trinajstić information content (AvgIpc) is 2.42. The van der Waals surface area contributed by atoms with Crippen LogP contribution in [0.1, 0.15) is 18.5 Å². The monoisotopic (exact) mass is 329 g/mol. The van der Waals surface area contributed by atoms with Gasteiger partial charge in [-0.2, -0.15) is 0 Å². The van der Waals surface area contributed by atoms with Crippen LogP contribution in [0, 0.1) is 5.82 Å². The zero-order valence-corrected chi connectivity index (χ0v) is 13.4. The Morgan fingerprint density at radius 3 is 2.60 bits per heavy atom. The lowest BCUT2D eigenvalue weighted by molar-refractivity contribution is 0.552. The summed E-state index contributed by atoms with van der Waals surface area (Å²) in [5.41, 5.74) is 0.635. The van der Waals surface area contributed by atoms with Gasteiger partial charge in [-0.25, -0.2) is 4.39 Å². The van der Waals surface area contributed by atoms with Crippen molar-refractivity contribution in [1.29, 1.82) is 0 Å². The van der Waals surface area contributed by atoms with Gasteiger partial charge in [0.2, 0.25) is 0 Å². The molecule has 1 atom stereocenters. The number of rotatable bonds is 4. The molecule has 2 aromatic carbocycles. The van der Waals surface area contributed by atoms with Crippen LogP contribution < -0.4 is 5.32 Å². The molecule has 5 heteroatoms. The molecule has 0 aliphatic carbocycles. The second-order valence-corrected chi connectivity index (χ2v) is 6.27. The Morgan fingerprint density at radius 2 is 1.90 bits per heavy atom. The second-order valence-electron chi connectivity index (χ2n) is 4.34. The van der Waals surface area contributed by atoms with Gasteiger partial charge in [-0.05, 0) is 44.3 Å². The molecular weight excluding hydrogens is 316 g/mol. The quantitative estimate of drug-likeness (QED) is 0.787. The van der Waals surface area contributed by atoms with Gasteiger partial charge in [0, 0.05) is 26.4 Å². The summed E-state index contributed by atoms with van der Waals surface area (Å²) >= 11 is 13.6. The molecule has 20 heavy (non-hydrogen) atoms. The topological polar surface area (TPSA) is 12.0 Å². The third-order valence-corrected chi connectivity index (χ3v) is 4.80. The van der Waals surface area contributed by atoms with Crippen LogP contribution >= 0.6 is 35.0 Å². The third-order valence-electron chi connectivity index (χ3n) is 2.99. The lowest BCUT2D eigenvalue weighted by atomic mass is 10.1. The summed E-state index contributed by atoms with van der Waals surface area (Å²) in [7, 11) is 1.80. The molecule has 0 saturated heterocycles. The Kier molecular flexibility index (Phi) is 5.33. The van der Waals surface area contributed by atoms with E-state index in [9.17, 15) is 4.39 Å². The van der Waals surface area contributed by atoms with Gasteiger partial charge in [-0.15, -0.1) is 0 Å². The summed E-state index contributed by atoms with van der Waals surface area (Å²) < 4.78 is 14.1. The maximum atomic E-state index is 14.1. The van der Waals surface area contributed by atoms with Crippen molar-refractivity contribution in [3.63, 3.8) is 0 Å². The molecule has 0 amide bonds. The largest absolute Gasteiger partial charge is 0.313 e. The average molecular weight is 330 g/mol. The van der Waals surface area contributed by atoms with Gasteiger partial charge >= 0.3 is 0 Å². The first-order chi connectivity index (χ1) is 9.52. The summed E-state index contributed by atoms with van der Waals surface area (Å²) in [5.74, 6) is -0.227. The van der Waals surface area contributed by atoms with Crippen molar-refractivity contribution in [2.45, 2.75) is 22.8 Å². The number of benzene rings is 2. The van der Waals surface area contributed by atoms with Crippen LogP contribution in [0.5, 0.6) is 0 Å². The molecule has 0 spiro atoms. The summed E-state index contributed by atoms with van der Waals surface area (Å²) in [6.07, 6.45) is 0. The van der Waals surface area contributed by atoms with Gasteiger partial charge < -0.3 is 5.32 Å². The zero-order valence-electron chi connectivity index (χ0n) is 11.1. The van der Waals surface area contributed by atoms with Gasteiger partial charge in [0.1, 0.15) is 5.82 Å². The highest BCUT2D eigenvalue weighted by molar-refractivity contribution is 7.99. The van der Waals surface area contributed by atoms with Crippen molar-refractivity contribution in [2.24, 2.45) is 0 Å². The predicted molar refractivity (Wildman–Crippen MR) is 84.5 cm³/mol. The van der Waals surface area contributed by atoms with Gasteiger partial charge in [-0.3, -0.25) is 0 Å². The normalized spacial score (nSPS) is 12.4. The maximum absolute atomic E-state index is 14.1. The van der Waals surface area contributed by atoms with E-state index >= 15 is 0 Å². The highest BCUT2D eigenvalue weighted by atomic mass is 35.5. The van der Waals surface area contributed by atoms with E-state index < -0.39 is 0 Å². The molecular formula is C15H14Cl2FNS. The van der Waals surface area contributed by atoms with Crippen LogP contribution in [0.4, 0.5) is 4.39 Å². The van der Waals surface area contributed by atoms with Crippen molar-refractivity contribution in [1.82, 2.24) is 5.32 Å². The van der Waals surface area contributed by atoms with Crippen molar-refractivity contribution >= 4 is 35.0 Å². The molecule has 0 bridgehead atoms. The number of halogens is 3. The fraction of sp³-hybridized carbons (Fsp3) is 0.200. The van der Waals surface area contributed by atoms with Crippen LogP contribution in [-0.2, 0) is 0 Å². The van der Waals surface area contributed by atoms with Crippen LogP contribution in [-0.4, -0.2) is 7.05 Å². The fourth-order valence-corrected chi connectivity index (χ4v) is 3.43. The van der Waals surface area contributed by atoms with E-state index in [-0.39, 0.29) is 11.9 Å². The molecule has 106 valence electrons. The van der Waals surface area contributed by atoms with E-state index in [0.717, 1.165) is 9.79 Å². The predicted octanol–water partition coefficient (Wildman–Crippen LogP) is 5.56. The Balaban J connectivity index is 2.43. The van der Waals surface area contributed by atoms with Gasteiger partial charge in [0.15, 0.2) is 0 Å². The van der Waals surface area contributed by atoms with E-state index in [1.165, 1.54) is 17.8 Å². The molecule has 0 aliphatic rings. The Morgan fingerprint density at radius 1 is 1.15 bits per heavy atom. The SMILES string of the molecule is CNC(C)c1c(F)cccc1Sc1cc(Cl)ccc1Cl. The lowest BCUT2D eigenvalue weighted by Crippen LogP contribution is -2.14. The van der Waals surface area contributed by atoms with E-state index in [1.807, 2.05) is 13.0 Å². The molecule has 0 heterocycles. The second kappa shape index (κ2) is 6.81. The molecule has 1 unspecified atom stereocenters. The van der Waals surface area contributed by atoms with Crippen LogP contribution in [0.2, 0.25) is 10.0 Å². The number of hydrogen-bond acceptors (Lipinski definition) is 2. The number of nitrogens with one attached hydrogen (secondary N) is 1. The highest BCUT2D eigenvalue weighted by Gasteiger charge is 2.16. The Labute approximate surface area is 132 Å². The van der Waals surface area contributed by atoms with E-state index in [1.54, 1.807) is 31.3 Å². The summed E-state index contributed by atoms with van der Waals surface area (Å²) in [5, 5.41) is 4.27. The first-order valence-electron chi connectivity index (χ1n) is 6.11. The van der Waals surface area contributed by atoms with Crippen molar-refractivity contribution in [2.75, 3.05) is 7.05 Å². The lowest BCUT2D eigenvalue weighted by Gasteiger charge is -2.16. The molecule has 0 aromatic heterocycles. The first-order valence-corrected chi connectivity index (χ1v) is 7.68. The molecule has 0 fully saturated rings. The molecule has 2 aromatic rings. The van der Waals surface area contributed by atoms with Crippen molar-refractivity contribution < 1.29 is 4.39 Å². The molecule has 0 aliphatic heterocycles. The summed E-state index contributed by atoms with van der Waals surface area (Å²) in [6.45, 7) is 1.92. The molecule has 2 rings (SSSR count). The van der Waals surface area contributed by atoms with Crippen LogP contribution in [0.3, 0.4) is 0 Å². The minimum Gasteiger partial charge on any atom is -0.313 e. The van der Waals surface area contributed by atoms with E-state index in [0.29, 0.717) is 15.6 Å². The Bertz CT molecular complexity index is 619. The van der Waals surface area contributed by atoms with Gasteiger partial charge in [0.25, 0.3) is 0 Å². The van der Waals surface area contributed by atoms with Gasteiger partial charge in [-0.1, -0.05) is 41.0 Å². The highest BCUT2D eigenvalue weighted by Crippen LogP contribution is 2.39. The minimum atomic E-state index is -0.227. The third kappa shape index (κ3) is 3.47. The maximum Gasteiger partial charge on any atom is 0.129 e. The van der Waals surface area contributed by atoms with Gasteiger partial charge in [0.05, 0.1) is 5.02 Å². The molecule has 1 nitrogen and oxygen atoms in total. The molecule has 0 saturated carbocycles. The van der Waals surface area contributed by atoms with Crippen molar-refractivity contribution in [3.8, 4) is 0 Å². The fourth-order valence-electron chi connectivity index (χ4n) is 1.84. The van der Waals surface area contributed by atoms with Crippen molar-refractivity contribution in [3.05, 3.63) is 57.8 Å². The standard InChI is InChI=1S/C15H14Cl2FNS/c1-9(19-2)15-12(18)4-3-5-13(15)20-14-8-10(16)6-7-11(14)17/h3-9,19H,1-2H3. The molecule has 1 N–H and O–H groups in total. The smallest absolute Gasteiger partial charge is 0.129 e. The van der Waals surface area contributed by atoms with E-state index in [2.05, 4.69) is 5.32 Å². The summed E-state index contributed by atoms with van der Waals surface area (Å²) in [6, 6.07) is 10.2. The van der Waals surface area contributed by atoms with Crippen LogP contribution in [0.15, 0.2) is 46.2 Å². The minimum absolute atomic E-state index is 0.0864. The van der Waals surface area contributed by atoms with Crippen LogP contribution in [0.25, 0.3) is 0 Å². The zero-order chi connectivity index (χ0) is 14.7. The van der Waals surface area contributed by atoms with E-state index in [4.69, 9.17) is 23.2 Å². The molecule has 0 radical (unpaired) electrons. The first kappa shape index (κ1) is 15.6. The number of hydrogen-bond donors (Lipinski definition) is 1.